The molecule has 0 aliphatic carbocycles. The summed E-state index contributed by atoms with van der Waals surface area (Å²) in [6.07, 6.45) is 0. The smallest absolute Gasteiger partial charge is 0.320 e. The molecule has 1 unspecified atom stereocenters. The maximum Gasteiger partial charge on any atom is 0.320 e. The van der Waals surface area contributed by atoms with Crippen LogP contribution in [0.5, 0.6) is 0 Å². The number of hydrogen-bond donors (Lipinski definition) is 0. The Morgan fingerprint density at radius 3 is 2.84 bits per heavy atom. The van der Waals surface area contributed by atoms with Crippen molar-refractivity contribution in [2.45, 2.75) is 19.9 Å². The fourth-order valence-electron chi connectivity index (χ4n) is 1.97. The molecule has 1 heterocycles. The molecule has 1 atom stereocenters. The van der Waals surface area contributed by atoms with E-state index < -0.39 is 0 Å². The van der Waals surface area contributed by atoms with E-state index in [1.54, 1.807) is 6.92 Å². The molecule has 0 N–H and O–H groups in total. The van der Waals surface area contributed by atoms with E-state index in [0.717, 1.165) is 16.7 Å². The lowest BCUT2D eigenvalue weighted by Gasteiger charge is -2.21. The highest BCUT2D eigenvalue weighted by Crippen LogP contribution is 2.26. The highest BCUT2D eigenvalue weighted by molar-refractivity contribution is 5.77. The van der Waals surface area contributed by atoms with Crippen LogP contribution >= 0.6 is 0 Å². The van der Waals surface area contributed by atoms with Crippen molar-refractivity contribution in [1.29, 1.82) is 0 Å². The van der Waals surface area contributed by atoms with Gasteiger partial charge in [0.05, 0.1) is 19.2 Å². The van der Waals surface area contributed by atoms with Gasteiger partial charge in [-0.05, 0) is 33.0 Å². The zero-order chi connectivity index (χ0) is 13.8. The van der Waals surface area contributed by atoms with Gasteiger partial charge in [-0.3, -0.25) is 9.69 Å². The van der Waals surface area contributed by atoms with Crippen LogP contribution in [0, 0.1) is 0 Å². The standard InChI is InChI=1S/C15H19NO3/c1-4-18-15(17)10-16(3)11(2)14-9-12-7-5-6-8-13(12)19-14/h5-9,11H,4,10H2,1-3H3. The molecule has 0 aliphatic heterocycles. The third kappa shape index (κ3) is 3.15. The first-order chi connectivity index (χ1) is 9.11. The van der Waals surface area contributed by atoms with Crippen molar-refractivity contribution in [1.82, 2.24) is 4.90 Å². The predicted octanol–water partition coefficient (Wildman–Crippen LogP) is 2.99. The van der Waals surface area contributed by atoms with E-state index in [1.165, 1.54) is 0 Å². The van der Waals surface area contributed by atoms with E-state index in [-0.39, 0.29) is 18.6 Å². The topological polar surface area (TPSA) is 42.7 Å². The monoisotopic (exact) mass is 261 g/mol. The van der Waals surface area contributed by atoms with Crippen LogP contribution in [0.15, 0.2) is 34.7 Å². The van der Waals surface area contributed by atoms with Gasteiger partial charge in [0.25, 0.3) is 0 Å². The maximum atomic E-state index is 11.5. The molecule has 0 fully saturated rings. The molecule has 0 saturated carbocycles. The number of ether oxygens (including phenoxy) is 1. The molecule has 0 saturated heterocycles. The lowest BCUT2D eigenvalue weighted by molar-refractivity contribution is -0.144. The third-order valence-electron chi connectivity index (χ3n) is 3.20. The Bertz CT molecular complexity index is 528. The van der Waals surface area contributed by atoms with Crippen molar-refractivity contribution in [3.63, 3.8) is 0 Å². The lowest BCUT2D eigenvalue weighted by Crippen LogP contribution is -2.29. The number of furan rings is 1. The number of hydrogen-bond acceptors (Lipinski definition) is 4. The number of likely N-dealkylation sites (N-methyl/N-ethyl adjacent to an activating group) is 1. The van der Waals surface area contributed by atoms with Crippen LogP contribution in [0.2, 0.25) is 0 Å². The molecule has 4 heteroatoms. The first-order valence-corrected chi connectivity index (χ1v) is 6.46. The van der Waals surface area contributed by atoms with E-state index in [9.17, 15) is 4.79 Å². The van der Waals surface area contributed by atoms with Crippen molar-refractivity contribution in [2.24, 2.45) is 0 Å². The quantitative estimate of drug-likeness (QED) is 0.776. The van der Waals surface area contributed by atoms with Gasteiger partial charge in [-0.15, -0.1) is 0 Å². The van der Waals surface area contributed by atoms with Crippen LogP contribution in [0.3, 0.4) is 0 Å². The predicted molar refractivity (Wildman–Crippen MR) is 73.9 cm³/mol. The van der Waals surface area contributed by atoms with Gasteiger partial charge in [-0.1, -0.05) is 18.2 Å². The summed E-state index contributed by atoms with van der Waals surface area (Å²) in [4.78, 5) is 13.4. The molecule has 2 aromatic rings. The Labute approximate surface area is 112 Å². The summed E-state index contributed by atoms with van der Waals surface area (Å²) in [5.74, 6) is 0.640. The number of nitrogens with zero attached hydrogens (tertiary/aromatic N) is 1. The van der Waals surface area contributed by atoms with Gasteiger partial charge >= 0.3 is 5.97 Å². The minimum absolute atomic E-state index is 0.0248. The van der Waals surface area contributed by atoms with Gasteiger partial charge < -0.3 is 9.15 Å². The Morgan fingerprint density at radius 1 is 1.42 bits per heavy atom. The average Bonchev–Trinajstić information content (AvgIpc) is 2.81. The molecule has 1 aromatic heterocycles. The number of carbonyl (C=O) groups excluding carboxylic acids is 1. The fraction of sp³-hybridized carbons (Fsp3) is 0.400. The van der Waals surface area contributed by atoms with Crippen molar-refractivity contribution in [3.8, 4) is 0 Å². The number of esters is 1. The molecule has 0 amide bonds. The second kappa shape index (κ2) is 5.89. The summed E-state index contributed by atoms with van der Waals surface area (Å²) < 4.78 is 10.7. The SMILES string of the molecule is CCOC(=O)CN(C)C(C)c1cc2ccccc2o1. The van der Waals surface area contributed by atoms with Crippen molar-refractivity contribution >= 4 is 16.9 Å². The molecule has 2 rings (SSSR count). The van der Waals surface area contributed by atoms with Crippen LogP contribution < -0.4 is 0 Å². The van der Waals surface area contributed by atoms with Crippen LogP contribution in [0.25, 0.3) is 11.0 Å². The summed E-state index contributed by atoms with van der Waals surface area (Å²) in [7, 11) is 1.88. The molecule has 0 radical (unpaired) electrons. The number of fused-ring (bicyclic) bond motifs is 1. The van der Waals surface area contributed by atoms with Crippen LogP contribution in [0.1, 0.15) is 25.6 Å². The van der Waals surface area contributed by atoms with E-state index >= 15 is 0 Å². The Kier molecular flexibility index (Phi) is 4.22. The normalized spacial score (nSPS) is 12.8. The second-order valence-electron chi connectivity index (χ2n) is 4.58. The van der Waals surface area contributed by atoms with Crippen LogP contribution in [0.4, 0.5) is 0 Å². The molecule has 0 spiro atoms. The summed E-state index contributed by atoms with van der Waals surface area (Å²) in [6, 6.07) is 9.92. The van der Waals surface area contributed by atoms with E-state index in [4.69, 9.17) is 9.15 Å². The minimum atomic E-state index is -0.215. The van der Waals surface area contributed by atoms with Crippen molar-refractivity contribution in [2.75, 3.05) is 20.2 Å². The van der Waals surface area contributed by atoms with Crippen molar-refractivity contribution in [3.05, 3.63) is 36.1 Å². The van der Waals surface area contributed by atoms with Gasteiger partial charge in [0.15, 0.2) is 0 Å². The lowest BCUT2D eigenvalue weighted by atomic mass is 10.2. The number of carbonyl (C=O) groups is 1. The van der Waals surface area contributed by atoms with E-state index in [0.29, 0.717) is 6.61 Å². The van der Waals surface area contributed by atoms with Gasteiger partial charge in [-0.25, -0.2) is 0 Å². The molecule has 4 nitrogen and oxygen atoms in total. The van der Waals surface area contributed by atoms with Gasteiger partial charge in [0, 0.05) is 5.39 Å². The fourth-order valence-corrected chi connectivity index (χ4v) is 1.97. The highest BCUT2D eigenvalue weighted by Gasteiger charge is 2.18. The minimum Gasteiger partial charge on any atom is -0.465 e. The zero-order valence-electron chi connectivity index (χ0n) is 11.6. The molecule has 19 heavy (non-hydrogen) atoms. The first-order valence-electron chi connectivity index (χ1n) is 6.46. The Hall–Kier alpha value is -1.81. The molecule has 1 aromatic carbocycles. The number of rotatable bonds is 5. The Balaban J connectivity index is 2.09. The zero-order valence-corrected chi connectivity index (χ0v) is 11.6. The van der Waals surface area contributed by atoms with Crippen LogP contribution in [-0.2, 0) is 9.53 Å². The molecular formula is C15H19NO3. The number of para-hydroxylation sites is 1. The number of benzene rings is 1. The van der Waals surface area contributed by atoms with Crippen LogP contribution in [-0.4, -0.2) is 31.1 Å². The molecule has 0 aliphatic rings. The van der Waals surface area contributed by atoms with E-state index in [2.05, 4.69) is 0 Å². The van der Waals surface area contributed by atoms with Gasteiger partial charge in [0.2, 0.25) is 0 Å². The molecular weight excluding hydrogens is 242 g/mol. The van der Waals surface area contributed by atoms with E-state index in [1.807, 2.05) is 49.2 Å². The maximum absolute atomic E-state index is 11.5. The largest absolute Gasteiger partial charge is 0.465 e. The first kappa shape index (κ1) is 13.6. The van der Waals surface area contributed by atoms with Gasteiger partial charge in [-0.2, -0.15) is 0 Å². The third-order valence-corrected chi connectivity index (χ3v) is 3.20. The molecule has 102 valence electrons. The second-order valence-corrected chi connectivity index (χ2v) is 4.58. The summed E-state index contributed by atoms with van der Waals surface area (Å²) in [5.41, 5.74) is 0.869. The average molecular weight is 261 g/mol. The van der Waals surface area contributed by atoms with Gasteiger partial charge in [0.1, 0.15) is 11.3 Å². The molecule has 0 bridgehead atoms. The summed E-state index contributed by atoms with van der Waals surface area (Å²) in [5, 5.41) is 1.08. The summed E-state index contributed by atoms with van der Waals surface area (Å²) >= 11 is 0. The Morgan fingerprint density at radius 2 is 2.16 bits per heavy atom. The highest BCUT2D eigenvalue weighted by atomic mass is 16.5. The van der Waals surface area contributed by atoms with Crippen molar-refractivity contribution < 1.29 is 13.9 Å². The summed E-state index contributed by atoms with van der Waals surface area (Å²) in [6.45, 7) is 4.48.